The second-order valence-corrected chi connectivity index (χ2v) is 5.39. The Kier molecular flexibility index (Phi) is 5.89. The molecule has 6 heteroatoms. The Morgan fingerprint density at radius 3 is 2.62 bits per heavy atom. The minimum absolute atomic E-state index is 0.0151. The summed E-state index contributed by atoms with van der Waals surface area (Å²) in [5.74, 6) is 0.137. The number of amides is 1. The number of nitrogens with zero attached hydrogens (tertiary/aromatic N) is 1. The normalized spacial score (nSPS) is 11.0. The first-order valence-electron chi connectivity index (χ1n) is 7.61. The van der Waals surface area contributed by atoms with Gasteiger partial charge in [-0.05, 0) is 12.1 Å². The van der Waals surface area contributed by atoms with Crippen LogP contribution in [0.25, 0.3) is 11.5 Å². The monoisotopic (exact) mass is 328 g/mol. The molecule has 2 rings (SSSR count). The molecule has 24 heavy (non-hydrogen) atoms. The maximum absolute atomic E-state index is 12.3. The summed E-state index contributed by atoms with van der Waals surface area (Å²) in [7, 11) is 1.29. The van der Waals surface area contributed by atoms with Crippen LogP contribution in [0.4, 0.5) is 0 Å². The molecule has 1 N–H and O–H groups in total. The van der Waals surface area contributed by atoms with Crippen LogP contribution in [-0.4, -0.2) is 30.5 Å². The van der Waals surface area contributed by atoms with E-state index in [0.29, 0.717) is 11.7 Å². The van der Waals surface area contributed by atoms with Gasteiger partial charge in [-0.15, -0.1) is 0 Å². The molecule has 0 saturated heterocycles. The zero-order chi connectivity index (χ0) is 17.5. The Labute approximate surface area is 140 Å². The number of esters is 1. The molecule has 0 unspecified atom stereocenters. The first kappa shape index (κ1) is 17.5. The highest BCUT2D eigenvalue weighted by Crippen LogP contribution is 2.26. The average Bonchev–Trinajstić information content (AvgIpc) is 3.05. The smallest absolute Gasteiger partial charge is 0.330 e. The summed E-state index contributed by atoms with van der Waals surface area (Å²) in [5.41, 5.74) is 1.07. The highest BCUT2D eigenvalue weighted by atomic mass is 16.5. The number of carbonyl (C=O) groups is 2. The molecule has 0 aliphatic heterocycles. The molecule has 0 aliphatic carbocycles. The van der Waals surface area contributed by atoms with Crippen LogP contribution in [0.5, 0.6) is 0 Å². The lowest BCUT2D eigenvalue weighted by atomic mass is 10.1. The van der Waals surface area contributed by atoms with Gasteiger partial charge in [-0.3, -0.25) is 4.79 Å². The van der Waals surface area contributed by atoms with Crippen LogP contribution in [0, 0.1) is 0 Å². The maximum Gasteiger partial charge on any atom is 0.330 e. The first-order valence-corrected chi connectivity index (χ1v) is 7.61. The molecule has 1 aromatic heterocycles. The lowest BCUT2D eigenvalue weighted by Gasteiger charge is -2.03. The van der Waals surface area contributed by atoms with Gasteiger partial charge < -0.3 is 14.5 Å². The number of carbonyl (C=O) groups excluding carboxylic acids is 2. The van der Waals surface area contributed by atoms with Gasteiger partial charge in [0.2, 0.25) is 5.89 Å². The van der Waals surface area contributed by atoms with E-state index in [0.717, 1.165) is 5.56 Å². The van der Waals surface area contributed by atoms with E-state index in [1.165, 1.54) is 19.3 Å². The predicted molar refractivity (Wildman–Crippen MR) is 89.5 cm³/mol. The van der Waals surface area contributed by atoms with Crippen molar-refractivity contribution in [3.63, 3.8) is 0 Å². The fraction of sp³-hybridized carbons (Fsp3) is 0.278. The van der Waals surface area contributed by atoms with Gasteiger partial charge in [0.1, 0.15) is 5.76 Å². The molecule has 0 bridgehead atoms. The molecule has 0 atom stereocenters. The SMILES string of the molecule is COC(=O)/C=C/CNC(=O)c1nc(-c2ccccc2)oc1C(C)C. The summed E-state index contributed by atoms with van der Waals surface area (Å²) < 4.78 is 10.3. The van der Waals surface area contributed by atoms with E-state index >= 15 is 0 Å². The largest absolute Gasteiger partial charge is 0.466 e. The molecular weight excluding hydrogens is 308 g/mol. The number of hydrogen-bond donors (Lipinski definition) is 1. The Morgan fingerprint density at radius 1 is 1.29 bits per heavy atom. The van der Waals surface area contributed by atoms with Crippen molar-refractivity contribution in [3.8, 4) is 11.5 Å². The van der Waals surface area contributed by atoms with Crippen molar-refractivity contribution < 1.29 is 18.7 Å². The molecule has 0 radical (unpaired) electrons. The summed E-state index contributed by atoms with van der Waals surface area (Å²) in [6.07, 6.45) is 2.76. The number of methoxy groups -OCH3 is 1. The van der Waals surface area contributed by atoms with E-state index in [1.54, 1.807) is 0 Å². The topological polar surface area (TPSA) is 81.4 Å². The van der Waals surface area contributed by atoms with Crippen LogP contribution < -0.4 is 5.32 Å². The molecular formula is C18H20N2O4. The lowest BCUT2D eigenvalue weighted by Crippen LogP contribution is -2.25. The van der Waals surface area contributed by atoms with E-state index in [-0.39, 0.29) is 24.1 Å². The van der Waals surface area contributed by atoms with Gasteiger partial charge in [0.15, 0.2) is 5.69 Å². The van der Waals surface area contributed by atoms with Crippen molar-refractivity contribution in [2.75, 3.05) is 13.7 Å². The number of aromatic nitrogens is 1. The predicted octanol–water partition coefficient (Wildman–Crippen LogP) is 2.92. The summed E-state index contributed by atoms with van der Waals surface area (Å²) in [5, 5.41) is 2.68. The van der Waals surface area contributed by atoms with E-state index in [2.05, 4.69) is 15.0 Å². The third-order valence-corrected chi connectivity index (χ3v) is 3.25. The van der Waals surface area contributed by atoms with Gasteiger partial charge in [-0.2, -0.15) is 0 Å². The van der Waals surface area contributed by atoms with Gasteiger partial charge in [0, 0.05) is 24.1 Å². The molecule has 1 aromatic carbocycles. The number of rotatable bonds is 6. The highest BCUT2D eigenvalue weighted by Gasteiger charge is 2.22. The second-order valence-electron chi connectivity index (χ2n) is 5.39. The van der Waals surface area contributed by atoms with Crippen molar-refractivity contribution in [2.45, 2.75) is 19.8 Å². The van der Waals surface area contributed by atoms with Crippen molar-refractivity contribution in [3.05, 3.63) is 53.9 Å². The van der Waals surface area contributed by atoms with Crippen LogP contribution in [0.2, 0.25) is 0 Å². The molecule has 0 spiro atoms. The van der Waals surface area contributed by atoms with Gasteiger partial charge in [-0.1, -0.05) is 38.1 Å². The first-order chi connectivity index (χ1) is 11.5. The van der Waals surface area contributed by atoms with E-state index < -0.39 is 5.97 Å². The molecule has 0 saturated carbocycles. The van der Waals surface area contributed by atoms with E-state index in [1.807, 2.05) is 44.2 Å². The quantitative estimate of drug-likeness (QED) is 0.651. The van der Waals surface area contributed by atoms with Gasteiger partial charge in [-0.25, -0.2) is 9.78 Å². The highest BCUT2D eigenvalue weighted by molar-refractivity contribution is 5.94. The van der Waals surface area contributed by atoms with Gasteiger partial charge >= 0.3 is 5.97 Å². The third-order valence-electron chi connectivity index (χ3n) is 3.25. The minimum Gasteiger partial charge on any atom is -0.466 e. The van der Waals surface area contributed by atoms with Crippen LogP contribution >= 0.6 is 0 Å². The summed E-state index contributed by atoms with van der Waals surface area (Å²) in [4.78, 5) is 27.7. The molecule has 2 aromatic rings. The number of oxazole rings is 1. The van der Waals surface area contributed by atoms with Crippen molar-refractivity contribution >= 4 is 11.9 Å². The maximum atomic E-state index is 12.3. The van der Waals surface area contributed by atoms with Crippen LogP contribution in [-0.2, 0) is 9.53 Å². The average molecular weight is 328 g/mol. The summed E-state index contributed by atoms with van der Waals surface area (Å²) in [6.45, 7) is 4.06. The molecule has 0 aliphatic rings. The van der Waals surface area contributed by atoms with Crippen molar-refractivity contribution in [2.24, 2.45) is 0 Å². The van der Waals surface area contributed by atoms with Crippen LogP contribution in [0.3, 0.4) is 0 Å². The van der Waals surface area contributed by atoms with Crippen LogP contribution in [0.1, 0.15) is 36.0 Å². The van der Waals surface area contributed by atoms with Gasteiger partial charge in [0.25, 0.3) is 5.91 Å². The standard InChI is InChI=1S/C18H20N2O4/c1-12(2)16-15(17(22)19-11-7-10-14(21)23-3)20-18(24-16)13-8-5-4-6-9-13/h4-10,12H,11H2,1-3H3,(H,19,22)/b10-7+. The van der Waals surface area contributed by atoms with Crippen molar-refractivity contribution in [1.29, 1.82) is 0 Å². The molecule has 126 valence electrons. The minimum atomic E-state index is -0.472. The Bertz CT molecular complexity index is 733. The number of nitrogens with one attached hydrogen (secondary N) is 1. The van der Waals surface area contributed by atoms with Crippen molar-refractivity contribution in [1.82, 2.24) is 10.3 Å². The molecule has 1 heterocycles. The summed E-state index contributed by atoms with van der Waals surface area (Å²) >= 11 is 0. The number of hydrogen-bond acceptors (Lipinski definition) is 5. The second kappa shape index (κ2) is 8.10. The third kappa shape index (κ3) is 4.32. The lowest BCUT2D eigenvalue weighted by molar-refractivity contribution is -0.134. The van der Waals surface area contributed by atoms with Gasteiger partial charge in [0.05, 0.1) is 7.11 Å². The van der Waals surface area contributed by atoms with E-state index in [9.17, 15) is 9.59 Å². The Hall–Kier alpha value is -2.89. The number of benzene rings is 1. The fourth-order valence-corrected chi connectivity index (χ4v) is 2.05. The molecule has 0 fully saturated rings. The Morgan fingerprint density at radius 2 is 2.00 bits per heavy atom. The van der Waals surface area contributed by atoms with Crippen LogP contribution in [0.15, 0.2) is 46.9 Å². The molecule has 1 amide bonds. The zero-order valence-corrected chi connectivity index (χ0v) is 13.9. The fourth-order valence-electron chi connectivity index (χ4n) is 2.05. The molecule has 6 nitrogen and oxygen atoms in total. The Balaban J connectivity index is 2.16. The van der Waals surface area contributed by atoms with E-state index in [4.69, 9.17) is 4.42 Å². The summed E-state index contributed by atoms with van der Waals surface area (Å²) in [6, 6.07) is 9.41. The number of ether oxygens (including phenoxy) is 1. The zero-order valence-electron chi connectivity index (χ0n) is 13.9.